The second kappa shape index (κ2) is 10.7. The molecular weight excluding hydrogens is 414 g/mol. The van der Waals surface area contributed by atoms with Crippen molar-refractivity contribution in [1.82, 2.24) is 24.9 Å². The van der Waals surface area contributed by atoms with Crippen LogP contribution < -0.4 is 0 Å². The molecule has 0 bridgehead atoms. The first kappa shape index (κ1) is 23.1. The first-order chi connectivity index (χ1) is 16.1. The molecule has 3 heterocycles. The van der Waals surface area contributed by atoms with Crippen LogP contribution in [0.3, 0.4) is 0 Å². The van der Waals surface area contributed by atoms with Gasteiger partial charge in [-0.3, -0.25) is 10.1 Å². The van der Waals surface area contributed by atoms with Crippen LogP contribution in [0.5, 0.6) is 0 Å². The number of H-pyrrole nitrogens is 1. The minimum Gasteiger partial charge on any atom is -0.396 e. The quantitative estimate of drug-likeness (QED) is 0.330. The van der Waals surface area contributed by atoms with Crippen molar-refractivity contribution in [2.45, 2.75) is 39.0 Å². The standard InChI is InChI=1S/C25H33N7O/c1-4-11-26-25(28-18(3)32-17-19(10-14-33)16-27-32)24-22-15-21(6-7-23(22)29-30-24)20-8-12-31(5-2)13-9-20/h4,6-7,15-17,20,33H,1,5,8-14H2,2-3H3,(H,29,30)/b26-25-,28-18+. The van der Waals surface area contributed by atoms with Gasteiger partial charge in [0.25, 0.3) is 0 Å². The molecule has 2 N–H and O–H groups in total. The molecule has 0 aliphatic carbocycles. The van der Waals surface area contributed by atoms with Gasteiger partial charge >= 0.3 is 0 Å². The number of aromatic nitrogens is 4. The lowest BCUT2D eigenvalue weighted by Crippen LogP contribution is -2.32. The second-order valence-electron chi connectivity index (χ2n) is 8.46. The highest BCUT2D eigenvalue weighted by Gasteiger charge is 2.21. The number of rotatable bonds is 7. The summed E-state index contributed by atoms with van der Waals surface area (Å²) >= 11 is 0. The number of amidine groups is 1. The Morgan fingerprint density at radius 1 is 1.33 bits per heavy atom. The molecule has 8 heteroatoms. The minimum absolute atomic E-state index is 0.0903. The summed E-state index contributed by atoms with van der Waals surface area (Å²) in [5.41, 5.74) is 4.02. The van der Waals surface area contributed by atoms with Crippen LogP contribution in [-0.2, 0) is 6.42 Å². The highest BCUT2D eigenvalue weighted by molar-refractivity contribution is 6.12. The fourth-order valence-electron chi connectivity index (χ4n) is 4.35. The van der Waals surface area contributed by atoms with Gasteiger partial charge in [-0.15, -0.1) is 6.58 Å². The Morgan fingerprint density at radius 3 is 2.88 bits per heavy atom. The zero-order chi connectivity index (χ0) is 23.2. The third kappa shape index (κ3) is 5.29. The molecule has 1 fully saturated rings. The lowest BCUT2D eigenvalue weighted by atomic mass is 9.88. The van der Waals surface area contributed by atoms with Gasteiger partial charge in [-0.25, -0.2) is 9.67 Å². The van der Waals surface area contributed by atoms with Crippen LogP contribution in [0.15, 0.2) is 53.2 Å². The van der Waals surface area contributed by atoms with Crippen molar-refractivity contribution in [3.8, 4) is 0 Å². The highest BCUT2D eigenvalue weighted by Crippen LogP contribution is 2.30. The molecule has 4 rings (SSSR count). The van der Waals surface area contributed by atoms with E-state index in [1.807, 2.05) is 13.1 Å². The van der Waals surface area contributed by atoms with E-state index in [1.165, 1.54) is 18.4 Å². The molecule has 1 aromatic carbocycles. The lowest BCUT2D eigenvalue weighted by molar-refractivity contribution is 0.222. The average Bonchev–Trinajstić information content (AvgIpc) is 3.49. The topological polar surface area (TPSA) is 94.7 Å². The molecule has 0 saturated carbocycles. The van der Waals surface area contributed by atoms with Gasteiger partial charge in [0, 0.05) is 18.2 Å². The van der Waals surface area contributed by atoms with Crippen molar-refractivity contribution in [2.75, 3.05) is 32.8 Å². The molecule has 0 atom stereocenters. The number of aliphatic imine (C=N–C) groups is 2. The predicted octanol–water partition coefficient (Wildman–Crippen LogP) is 3.39. The van der Waals surface area contributed by atoms with Gasteiger partial charge in [-0.2, -0.15) is 10.2 Å². The lowest BCUT2D eigenvalue weighted by Gasteiger charge is -2.31. The molecule has 8 nitrogen and oxygen atoms in total. The van der Waals surface area contributed by atoms with Gasteiger partial charge in [0.05, 0.1) is 18.3 Å². The Morgan fingerprint density at radius 2 is 2.15 bits per heavy atom. The summed E-state index contributed by atoms with van der Waals surface area (Å²) in [6.45, 7) is 11.9. The van der Waals surface area contributed by atoms with E-state index in [2.05, 4.69) is 56.9 Å². The first-order valence-corrected chi connectivity index (χ1v) is 11.7. The number of benzene rings is 1. The van der Waals surface area contributed by atoms with Crippen molar-refractivity contribution in [1.29, 1.82) is 0 Å². The third-order valence-corrected chi connectivity index (χ3v) is 6.31. The number of fused-ring (bicyclic) bond motifs is 1. The zero-order valence-corrected chi connectivity index (χ0v) is 19.5. The van der Waals surface area contributed by atoms with Crippen LogP contribution in [0.2, 0.25) is 0 Å². The molecule has 1 aliphatic heterocycles. The number of hydrogen-bond donors (Lipinski definition) is 2. The predicted molar refractivity (Wildman–Crippen MR) is 133 cm³/mol. The number of aliphatic hydroxyl groups excluding tert-OH is 1. The second-order valence-corrected chi connectivity index (χ2v) is 8.46. The maximum atomic E-state index is 9.17. The molecule has 33 heavy (non-hydrogen) atoms. The van der Waals surface area contributed by atoms with E-state index in [0.717, 1.165) is 41.8 Å². The van der Waals surface area contributed by atoms with Crippen LogP contribution in [0.25, 0.3) is 10.9 Å². The molecule has 0 spiro atoms. The summed E-state index contributed by atoms with van der Waals surface area (Å²) in [7, 11) is 0. The van der Waals surface area contributed by atoms with Gasteiger partial charge < -0.3 is 10.0 Å². The van der Waals surface area contributed by atoms with Crippen molar-refractivity contribution in [3.63, 3.8) is 0 Å². The Hall–Kier alpha value is -3.10. The SMILES string of the molecule is C=CC/N=C(\N=C(/C)n1cc(CCO)cn1)c1n[nH]c2ccc(C3CCN(CC)CC3)cc12. The van der Waals surface area contributed by atoms with Gasteiger partial charge in [-0.05, 0) is 75.0 Å². The maximum Gasteiger partial charge on any atom is 0.178 e. The van der Waals surface area contributed by atoms with E-state index in [1.54, 1.807) is 17.0 Å². The van der Waals surface area contributed by atoms with Crippen molar-refractivity contribution in [3.05, 3.63) is 60.1 Å². The minimum atomic E-state index is 0.0903. The van der Waals surface area contributed by atoms with Crippen LogP contribution in [0, 0.1) is 0 Å². The van der Waals surface area contributed by atoms with Gasteiger partial charge in [0.1, 0.15) is 11.5 Å². The molecule has 1 saturated heterocycles. The Kier molecular flexibility index (Phi) is 7.47. The summed E-state index contributed by atoms with van der Waals surface area (Å²) in [6.07, 6.45) is 8.29. The number of nitrogens with one attached hydrogen (secondary N) is 1. The molecule has 1 aliphatic rings. The summed E-state index contributed by atoms with van der Waals surface area (Å²) < 4.78 is 1.70. The van der Waals surface area contributed by atoms with Crippen LogP contribution >= 0.6 is 0 Å². The van der Waals surface area contributed by atoms with E-state index in [4.69, 9.17) is 10.1 Å². The number of nitrogens with zero attached hydrogens (tertiary/aromatic N) is 6. The fraction of sp³-hybridized carbons (Fsp3) is 0.440. The number of likely N-dealkylation sites (tertiary alicyclic amines) is 1. The Bertz CT molecular complexity index is 1150. The summed E-state index contributed by atoms with van der Waals surface area (Å²) in [6, 6.07) is 6.59. The molecule has 174 valence electrons. The smallest absolute Gasteiger partial charge is 0.178 e. The molecular formula is C25H33N7O. The zero-order valence-electron chi connectivity index (χ0n) is 19.5. The van der Waals surface area contributed by atoms with E-state index in [-0.39, 0.29) is 6.61 Å². The number of hydrogen-bond acceptors (Lipinski definition) is 5. The van der Waals surface area contributed by atoms with E-state index in [9.17, 15) is 0 Å². The molecule has 3 aromatic rings. The fourth-order valence-corrected chi connectivity index (χ4v) is 4.35. The van der Waals surface area contributed by atoms with Crippen molar-refractivity contribution in [2.24, 2.45) is 9.98 Å². The van der Waals surface area contributed by atoms with Gasteiger partial charge in [0.15, 0.2) is 5.84 Å². The molecule has 2 aromatic heterocycles. The molecule has 0 amide bonds. The highest BCUT2D eigenvalue weighted by atomic mass is 16.3. The van der Waals surface area contributed by atoms with Crippen molar-refractivity contribution < 1.29 is 5.11 Å². The Balaban J connectivity index is 1.66. The van der Waals surface area contributed by atoms with Crippen LogP contribution in [0.1, 0.15) is 49.4 Å². The maximum absolute atomic E-state index is 9.17. The Labute approximate surface area is 194 Å². The normalized spacial score (nSPS) is 16.6. The van der Waals surface area contributed by atoms with E-state index in [0.29, 0.717) is 30.6 Å². The summed E-state index contributed by atoms with van der Waals surface area (Å²) in [4.78, 5) is 11.9. The van der Waals surface area contributed by atoms with Gasteiger partial charge in [-0.1, -0.05) is 19.1 Å². The monoisotopic (exact) mass is 447 g/mol. The number of piperidine rings is 1. The third-order valence-electron chi connectivity index (χ3n) is 6.31. The molecule has 0 unspecified atom stereocenters. The van der Waals surface area contributed by atoms with Gasteiger partial charge in [0.2, 0.25) is 0 Å². The number of aromatic amines is 1. The summed E-state index contributed by atoms with van der Waals surface area (Å²) in [5, 5.41) is 22.3. The first-order valence-electron chi connectivity index (χ1n) is 11.7. The summed E-state index contributed by atoms with van der Waals surface area (Å²) in [5.74, 6) is 1.80. The van der Waals surface area contributed by atoms with Crippen LogP contribution in [0.4, 0.5) is 0 Å². The van der Waals surface area contributed by atoms with E-state index >= 15 is 0 Å². The average molecular weight is 448 g/mol. The molecule has 0 radical (unpaired) electrons. The van der Waals surface area contributed by atoms with Crippen LogP contribution in [-0.4, -0.2) is 74.4 Å². The van der Waals surface area contributed by atoms with E-state index < -0.39 is 0 Å². The number of aliphatic hydroxyl groups is 1. The van der Waals surface area contributed by atoms with Crippen molar-refractivity contribution >= 4 is 22.6 Å². The largest absolute Gasteiger partial charge is 0.396 e.